The Labute approximate surface area is 82.6 Å². The molecule has 0 spiro atoms. The third-order valence-corrected chi connectivity index (χ3v) is 1.66. The van der Waals surface area contributed by atoms with E-state index in [1.165, 1.54) is 12.1 Å². The number of nitrogens with two attached hydrogens (primary N) is 1. The molecule has 78 valence electrons. The van der Waals surface area contributed by atoms with Crippen molar-refractivity contribution in [2.24, 2.45) is 5.73 Å². The Bertz CT molecular complexity index is 263. The summed E-state index contributed by atoms with van der Waals surface area (Å²) in [4.78, 5) is 0. The molecule has 2 N–H and O–H groups in total. The molecule has 0 aliphatic heterocycles. The molecule has 1 aromatic rings. The Balaban J connectivity index is 2.34. The van der Waals surface area contributed by atoms with Crippen molar-refractivity contribution < 1.29 is 13.9 Å². The van der Waals surface area contributed by atoms with Crippen LogP contribution in [0.2, 0.25) is 0 Å². The van der Waals surface area contributed by atoms with Crippen molar-refractivity contribution >= 4 is 0 Å². The average molecular weight is 199 g/mol. The fourth-order valence-corrected chi connectivity index (χ4v) is 0.996. The molecule has 1 unspecified atom stereocenters. The molecular weight excluding hydrogens is 185 g/mol. The summed E-state index contributed by atoms with van der Waals surface area (Å²) in [5, 5.41) is 0. The van der Waals surface area contributed by atoms with Crippen LogP contribution in [0, 0.1) is 5.82 Å². The first-order valence-corrected chi connectivity index (χ1v) is 4.35. The molecule has 0 heterocycles. The SMILES string of the molecule is COCC(N)COc1ccc(F)cc1. The molecule has 0 saturated heterocycles. The predicted octanol–water partition coefficient (Wildman–Crippen LogP) is 1.18. The monoisotopic (exact) mass is 199 g/mol. The van der Waals surface area contributed by atoms with Gasteiger partial charge in [0, 0.05) is 7.11 Å². The zero-order chi connectivity index (χ0) is 10.4. The zero-order valence-corrected chi connectivity index (χ0v) is 8.07. The fraction of sp³-hybridized carbons (Fsp3) is 0.400. The number of hydrogen-bond donors (Lipinski definition) is 1. The first-order chi connectivity index (χ1) is 6.72. The second-order valence-electron chi connectivity index (χ2n) is 2.98. The van der Waals surface area contributed by atoms with Gasteiger partial charge >= 0.3 is 0 Å². The molecule has 0 radical (unpaired) electrons. The minimum atomic E-state index is -0.279. The lowest BCUT2D eigenvalue weighted by Crippen LogP contribution is -2.32. The highest BCUT2D eigenvalue weighted by Gasteiger charge is 2.02. The van der Waals surface area contributed by atoms with Gasteiger partial charge in [-0.05, 0) is 24.3 Å². The normalized spacial score (nSPS) is 12.5. The number of methoxy groups -OCH3 is 1. The highest BCUT2D eigenvalue weighted by molar-refractivity contribution is 5.22. The molecule has 4 heteroatoms. The molecule has 14 heavy (non-hydrogen) atoms. The number of benzene rings is 1. The Hall–Kier alpha value is -1.13. The van der Waals surface area contributed by atoms with Crippen molar-refractivity contribution in [1.29, 1.82) is 0 Å². The van der Waals surface area contributed by atoms with E-state index in [1.54, 1.807) is 19.2 Å². The highest BCUT2D eigenvalue weighted by Crippen LogP contribution is 2.10. The number of ether oxygens (including phenoxy) is 2. The summed E-state index contributed by atoms with van der Waals surface area (Å²) >= 11 is 0. The summed E-state index contributed by atoms with van der Waals surface area (Å²) in [5.74, 6) is 0.330. The van der Waals surface area contributed by atoms with Crippen molar-refractivity contribution in [3.8, 4) is 5.75 Å². The molecule has 0 aliphatic rings. The molecule has 0 amide bonds. The van der Waals surface area contributed by atoms with Gasteiger partial charge in [0.1, 0.15) is 18.2 Å². The standard InChI is InChI=1S/C10H14FNO2/c1-13-6-9(12)7-14-10-4-2-8(11)3-5-10/h2-5,9H,6-7,12H2,1H3. The van der Waals surface area contributed by atoms with Crippen LogP contribution in [-0.4, -0.2) is 26.4 Å². The smallest absolute Gasteiger partial charge is 0.123 e. The van der Waals surface area contributed by atoms with Crippen LogP contribution in [0.15, 0.2) is 24.3 Å². The maximum Gasteiger partial charge on any atom is 0.123 e. The first kappa shape index (κ1) is 10.9. The maximum absolute atomic E-state index is 12.5. The van der Waals surface area contributed by atoms with Crippen LogP contribution in [0.5, 0.6) is 5.75 Å². The lowest BCUT2D eigenvalue weighted by atomic mass is 10.3. The predicted molar refractivity (Wildman–Crippen MR) is 51.7 cm³/mol. The Morgan fingerprint density at radius 3 is 2.50 bits per heavy atom. The number of rotatable bonds is 5. The maximum atomic E-state index is 12.5. The summed E-state index contributed by atoms with van der Waals surface area (Å²) in [6.45, 7) is 0.806. The van der Waals surface area contributed by atoms with E-state index in [4.69, 9.17) is 15.2 Å². The van der Waals surface area contributed by atoms with E-state index in [2.05, 4.69) is 0 Å². The Kier molecular flexibility index (Phi) is 4.35. The largest absolute Gasteiger partial charge is 0.492 e. The van der Waals surface area contributed by atoms with Gasteiger partial charge in [0.15, 0.2) is 0 Å². The lowest BCUT2D eigenvalue weighted by molar-refractivity contribution is 0.152. The summed E-state index contributed by atoms with van der Waals surface area (Å²) in [5.41, 5.74) is 5.64. The van der Waals surface area contributed by atoms with Crippen LogP contribution in [0.4, 0.5) is 4.39 Å². The van der Waals surface area contributed by atoms with E-state index in [9.17, 15) is 4.39 Å². The van der Waals surface area contributed by atoms with Crippen molar-refractivity contribution in [3.63, 3.8) is 0 Å². The molecule has 0 aliphatic carbocycles. The van der Waals surface area contributed by atoms with Gasteiger partial charge in [-0.15, -0.1) is 0 Å². The van der Waals surface area contributed by atoms with Gasteiger partial charge < -0.3 is 15.2 Å². The van der Waals surface area contributed by atoms with Gasteiger partial charge in [-0.1, -0.05) is 0 Å². The summed E-state index contributed by atoms with van der Waals surface area (Å²) < 4.78 is 22.7. The quantitative estimate of drug-likeness (QED) is 0.774. The summed E-state index contributed by atoms with van der Waals surface area (Å²) in [7, 11) is 1.58. The molecule has 0 fully saturated rings. The molecule has 1 atom stereocenters. The van der Waals surface area contributed by atoms with E-state index in [0.717, 1.165) is 0 Å². The molecule has 3 nitrogen and oxygen atoms in total. The third-order valence-electron chi connectivity index (χ3n) is 1.66. The fourth-order valence-electron chi connectivity index (χ4n) is 0.996. The lowest BCUT2D eigenvalue weighted by Gasteiger charge is -2.11. The van der Waals surface area contributed by atoms with E-state index in [-0.39, 0.29) is 11.9 Å². The van der Waals surface area contributed by atoms with Gasteiger partial charge in [0.2, 0.25) is 0 Å². The molecule has 1 rings (SSSR count). The molecule has 0 aromatic heterocycles. The third kappa shape index (κ3) is 3.72. The second kappa shape index (κ2) is 5.57. The van der Waals surface area contributed by atoms with E-state index in [1.807, 2.05) is 0 Å². The minimum absolute atomic E-state index is 0.162. The van der Waals surface area contributed by atoms with Crippen LogP contribution in [0.3, 0.4) is 0 Å². The van der Waals surface area contributed by atoms with Crippen LogP contribution >= 0.6 is 0 Å². The number of halogens is 1. The van der Waals surface area contributed by atoms with Gasteiger partial charge in [-0.25, -0.2) is 4.39 Å². The zero-order valence-electron chi connectivity index (χ0n) is 8.07. The highest BCUT2D eigenvalue weighted by atomic mass is 19.1. The topological polar surface area (TPSA) is 44.5 Å². The van der Waals surface area contributed by atoms with E-state index in [0.29, 0.717) is 19.0 Å². The van der Waals surface area contributed by atoms with Crippen molar-refractivity contribution in [3.05, 3.63) is 30.1 Å². The summed E-state index contributed by atoms with van der Waals surface area (Å²) in [6, 6.07) is 5.66. The Morgan fingerprint density at radius 2 is 1.93 bits per heavy atom. The van der Waals surface area contributed by atoms with E-state index >= 15 is 0 Å². The van der Waals surface area contributed by atoms with Gasteiger partial charge in [-0.2, -0.15) is 0 Å². The average Bonchev–Trinajstić information content (AvgIpc) is 2.17. The van der Waals surface area contributed by atoms with Gasteiger partial charge in [0.05, 0.1) is 12.6 Å². The van der Waals surface area contributed by atoms with Crippen molar-refractivity contribution in [1.82, 2.24) is 0 Å². The molecule has 1 aromatic carbocycles. The second-order valence-corrected chi connectivity index (χ2v) is 2.98. The van der Waals surface area contributed by atoms with Crippen LogP contribution in [0.1, 0.15) is 0 Å². The van der Waals surface area contributed by atoms with Crippen LogP contribution in [0.25, 0.3) is 0 Å². The van der Waals surface area contributed by atoms with E-state index < -0.39 is 0 Å². The summed E-state index contributed by atoms with van der Waals surface area (Å²) in [6.07, 6.45) is 0. The Morgan fingerprint density at radius 1 is 1.29 bits per heavy atom. The first-order valence-electron chi connectivity index (χ1n) is 4.35. The molecular formula is C10H14FNO2. The van der Waals surface area contributed by atoms with Crippen LogP contribution < -0.4 is 10.5 Å². The van der Waals surface area contributed by atoms with Gasteiger partial charge in [-0.3, -0.25) is 0 Å². The van der Waals surface area contributed by atoms with Crippen LogP contribution in [-0.2, 0) is 4.74 Å². The van der Waals surface area contributed by atoms with Gasteiger partial charge in [0.25, 0.3) is 0 Å². The van der Waals surface area contributed by atoms with Crippen molar-refractivity contribution in [2.75, 3.05) is 20.3 Å². The molecule has 0 bridgehead atoms. The molecule has 0 saturated carbocycles. The number of hydrogen-bond acceptors (Lipinski definition) is 3. The van der Waals surface area contributed by atoms with Crippen molar-refractivity contribution in [2.45, 2.75) is 6.04 Å². The minimum Gasteiger partial charge on any atom is -0.492 e.